The van der Waals surface area contributed by atoms with Gasteiger partial charge in [-0.3, -0.25) is 0 Å². The van der Waals surface area contributed by atoms with Crippen molar-refractivity contribution in [3.05, 3.63) is 23.3 Å². The predicted molar refractivity (Wildman–Crippen MR) is 64.7 cm³/mol. The number of allylic oxidation sites excluding steroid dienone is 1. The maximum absolute atomic E-state index is 9.42. The van der Waals surface area contributed by atoms with Crippen molar-refractivity contribution in [2.45, 2.75) is 19.3 Å². The molecule has 0 saturated heterocycles. The summed E-state index contributed by atoms with van der Waals surface area (Å²) in [7, 11) is 0. The fourth-order valence-corrected chi connectivity index (χ4v) is 2.16. The Morgan fingerprint density at radius 1 is 1.12 bits per heavy atom. The van der Waals surface area contributed by atoms with Gasteiger partial charge in [0.05, 0.1) is 13.2 Å². The third-order valence-corrected chi connectivity index (χ3v) is 2.99. The first-order valence-electron chi connectivity index (χ1n) is 5.72. The summed E-state index contributed by atoms with van der Waals surface area (Å²) < 4.78 is 0. The molecule has 4 heteroatoms. The minimum Gasteiger partial charge on any atom is -0.395 e. The standard InChI is InChI=1S/C12H22N2O2/c13-3-1-10-5-11(2-4-14)7-12(6-10,8-15)9-16/h5-6,15-16H,1-4,7-9,13-14H2. The highest BCUT2D eigenvalue weighted by atomic mass is 16.3. The Morgan fingerprint density at radius 3 is 2.25 bits per heavy atom. The Bertz CT molecular complexity index is 281. The van der Waals surface area contributed by atoms with Crippen LogP contribution < -0.4 is 11.5 Å². The molecule has 16 heavy (non-hydrogen) atoms. The second-order valence-corrected chi connectivity index (χ2v) is 4.45. The average Bonchev–Trinajstić information content (AvgIpc) is 2.29. The lowest BCUT2D eigenvalue weighted by Gasteiger charge is -2.32. The van der Waals surface area contributed by atoms with E-state index in [1.807, 2.05) is 6.08 Å². The molecule has 0 aliphatic heterocycles. The molecule has 6 N–H and O–H groups in total. The average molecular weight is 226 g/mol. The number of nitrogens with two attached hydrogens (primary N) is 2. The van der Waals surface area contributed by atoms with E-state index in [1.54, 1.807) is 0 Å². The summed E-state index contributed by atoms with van der Waals surface area (Å²) in [5.74, 6) is 0. The lowest BCUT2D eigenvalue weighted by molar-refractivity contribution is 0.0911. The first-order valence-corrected chi connectivity index (χ1v) is 5.72. The van der Waals surface area contributed by atoms with Crippen molar-refractivity contribution in [2.24, 2.45) is 16.9 Å². The SMILES string of the molecule is NCCC1=CC(CO)(CO)CC(CCN)=C1. The maximum atomic E-state index is 9.42. The molecule has 1 aliphatic carbocycles. The summed E-state index contributed by atoms with van der Waals surface area (Å²) in [4.78, 5) is 0. The fourth-order valence-electron chi connectivity index (χ4n) is 2.16. The highest BCUT2D eigenvalue weighted by Gasteiger charge is 2.30. The van der Waals surface area contributed by atoms with Gasteiger partial charge in [0, 0.05) is 5.41 Å². The molecular weight excluding hydrogens is 204 g/mol. The molecule has 0 aromatic heterocycles. The third-order valence-electron chi connectivity index (χ3n) is 2.99. The van der Waals surface area contributed by atoms with Crippen LogP contribution in [0.5, 0.6) is 0 Å². The van der Waals surface area contributed by atoms with E-state index in [0.717, 1.165) is 18.4 Å². The van der Waals surface area contributed by atoms with E-state index in [2.05, 4.69) is 6.08 Å². The minimum atomic E-state index is -0.524. The molecule has 0 heterocycles. The topological polar surface area (TPSA) is 92.5 Å². The molecule has 1 aliphatic rings. The van der Waals surface area contributed by atoms with Crippen molar-refractivity contribution < 1.29 is 10.2 Å². The van der Waals surface area contributed by atoms with Gasteiger partial charge >= 0.3 is 0 Å². The molecule has 0 aromatic carbocycles. The number of aliphatic hydroxyl groups is 2. The van der Waals surface area contributed by atoms with E-state index in [4.69, 9.17) is 11.5 Å². The normalized spacial score (nSPS) is 19.2. The fraction of sp³-hybridized carbons (Fsp3) is 0.667. The summed E-state index contributed by atoms with van der Waals surface area (Å²) in [5, 5.41) is 18.8. The van der Waals surface area contributed by atoms with Crippen LogP contribution in [0.4, 0.5) is 0 Å². The van der Waals surface area contributed by atoms with Crippen LogP contribution in [0.15, 0.2) is 23.3 Å². The molecular formula is C12H22N2O2. The van der Waals surface area contributed by atoms with Crippen LogP contribution in [-0.4, -0.2) is 36.5 Å². The highest BCUT2D eigenvalue weighted by Crippen LogP contribution is 2.35. The zero-order chi connectivity index (χ0) is 12.0. The summed E-state index contributed by atoms with van der Waals surface area (Å²) >= 11 is 0. The Balaban J connectivity index is 2.89. The van der Waals surface area contributed by atoms with Gasteiger partial charge in [-0.1, -0.05) is 23.3 Å². The quantitative estimate of drug-likeness (QED) is 0.509. The summed E-state index contributed by atoms with van der Waals surface area (Å²) in [6.07, 6.45) is 6.33. The van der Waals surface area contributed by atoms with Crippen LogP contribution in [0.3, 0.4) is 0 Å². The Morgan fingerprint density at radius 2 is 1.75 bits per heavy atom. The van der Waals surface area contributed by atoms with Crippen LogP contribution in [0, 0.1) is 5.41 Å². The molecule has 1 rings (SSSR count). The maximum Gasteiger partial charge on any atom is 0.0547 e. The van der Waals surface area contributed by atoms with Gasteiger partial charge in [-0.05, 0) is 32.4 Å². The zero-order valence-electron chi connectivity index (χ0n) is 9.65. The van der Waals surface area contributed by atoms with Crippen molar-refractivity contribution in [1.82, 2.24) is 0 Å². The van der Waals surface area contributed by atoms with E-state index < -0.39 is 5.41 Å². The van der Waals surface area contributed by atoms with Crippen molar-refractivity contribution in [3.8, 4) is 0 Å². The van der Waals surface area contributed by atoms with Crippen molar-refractivity contribution in [1.29, 1.82) is 0 Å². The van der Waals surface area contributed by atoms with Gasteiger partial charge in [0.15, 0.2) is 0 Å². The van der Waals surface area contributed by atoms with Gasteiger partial charge in [-0.2, -0.15) is 0 Å². The highest BCUT2D eigenvalue weighted by molar-refractivity contribution is 5.33. The Hall–Kier alpha value is -0.680. The summed E-state index contributed by atoms with van der Waals surface area (Å²) in [6, 6.07) is 0. The zero-order valence-corrected chi connectivity index (χ0v) is 9.65. The molecule has 0 aromatic rings. The molecule has 4 nitrogen and oxygen atoms in total. The lowest BCUT2D eigenvalue weighted by Crippen LogP contribution is -2.31. The minimum absolute atomic E-state index is 0.0422. The number of aliphatic hydroxyl groups excluding tert-OH is 2. The molecule has 0 unspecified atom stereocenters. The molecule has 0 bridgehead atoms. The molecule has 0 saturated carbocycles. The van der Waals surface area contributed by atoms with Gasteiger partial charge in [0.25, 0.3) is 0 Å². The monoisotopic (exact) mass is 226 g/mol. The van der Waals surface area contributed by atoms with E-state index in [0.29, 0.717) is 19.5 Å². The second-order valence-electron chi connectivity index (χ2n) is 4.45. The van der Waals surface area contributed by atoms with Crippen LogP contribution in [0.1, 0.15) is 19.3 Å². The van der Waals surface area contributed by atoms with Gasteiger partial charge < -0.3 is 21.7 Å². The number of hydrogen-bond acceptors (Lipinski definition) is 4. The van der Waals surface area contributed by atoms with Crippen LogP contribution in [0.25, 0.3) is 0 Å². The summed E-state index contributed by atoms with van der Waals surface area (Å²) in [6.45, 7) is 1.08. The molecule has 0 spiro atoms. The van der Waals surface area contributed by atoms with Gasteiger partial charge in [0.1, 0.15) is 0 Å². The smallest absolute Gasteiger partial charge is 0.0547 e. The number of rotatable bonds is 6. The first-order chi connectivity index (χ1) is 7.69. The van der Waals surface area contributed by atoms with Crippen LogP contribution in [-0.2, 0) is 0 Å². The second kappa shape index (κ2) is 6.15. The van der Waals surface area contributed by atoms with E-state index in [9.17, 15) is 10.2 Å². The van der Waals surface area contributed by atoms with Crippen molar-refractivity contribution in [3.63, 3.8) is 0 Å². The van der Waals surface area contributed by atoms with Gasteiger partial charge in [-0.15, -0.1) is 0 Å². The predicted octanol–water partition coefficient (Wildman–Crippen LogP) is -0.0885. The first kappa shape index (κ1) is 13.4. The summed E-state index contributed by atoms with van der Waals surface area (Å²) in [5.41, 5.74) is 12.8. The Labute approximate surface area is 96.6 Å². The molecule has 0 amide bonds. The van der Waals surface area contributed by atoms with E-state index >= 15 is 0 Å². The van der Waals surface area contributed by atoms with Crippen molar-refractivity contribution >= 4 is 0 Å². The molecule has 0 radical (unpaired) electrons. The molecule has 0 fully saturated rings. The van der Waals surface area contributed by atoms with E-state index in [1.165, 1.54) is 5.57 Å². The third kappa shape index (κ3) is 3.15. The Kier molecular flexibility index (Phi) is 5.15. The van der Waals surface area contributed by atoms with Crippen molar-refractivity contribution in [2.75, 3.05) is 26.3 Å². The van der Waals surface area contributed by atoms with Gasteiger partial charge in [-0.25, -0.2) is 0 Å². The largest absolute Gasteiger partial charge is 0.395 e. The molecule has 0 atom stereocenters. The van der Waals surface area contributed by atoms with Gasteiger partial charge in [0.2, 0.25) is 0 Å². The van der Waals surface area contributed by atoms with Crippen LogP contribution >= 0.6 is 0 Å². The van der Waals surface area contributed by atoms with E-state index in [-0.39, 0.29) is 13.2 Å². The lowest BCUT2D eigenvalue weighted by atomic mass is 9.76. The number of hydrogen-bond donors (Lipinski definition) is 4. The van der Waals surface area contributed by atoms with Crippen LogP contribution in [0.2, 0.25) is 0 Å². The molecule has 92 valence electrons.